The van der Waals surface area contributed by atoms with Crippen molar-refractivity contribution >= 4 is 17.5 Å². The van der Waals surface area contributed by atoms with Gasteiger partial charge in [0.25, 0.3) is 5.91 Å². The Hall–Kier alpha value is -1.92. The first-order valence-electron chi connectivity index (χ1n) is 6.96. The highest BCUT2D eigenvalue weighted by Crippen LogP contribution is 2.19. The minimum Gasteiger partial charge on any atom is -0.387 e. The smallest absolute Gasteiger partial charge is 0.271 e. The lowest BCUT2D eigenvalue weighted by atomic mass is 10.1. The van der Waals surface area contributed by atoms with E-state index in [1.165, 1.54) is 12.1 Å². The second-order valence-corrected chi connectivity index (χ2v) is 5.33. The number of amides is 1. The average molecular weight is 326 g/mol. The van der Waals surface area contributed by atoms with Gasteiger partial charge in [-0.3, -0.25) is 9.89 Å². The van der Waals surface area contributed by atoms with Crippen LogP contribution in [0.15, 0.2) is 24.3 Å². The van der Waals surface area contributed by atoms with E-state index in [1.54, 1.807) is 6.07 Å². The second-order valence-electron chi connectivity index (χ2n) is 4.93. The van der Waals surface area contributed by atoms with Crippen LogP contribution in [0.2, 0.25) is 5.02 Å². The van der Waals surface area contributed by atoms with Gasteiger partial charge in [-0.15, -0.1) is 0 Å². The molecule has 0 fully saturated rings. The Labute approximate surface area is 132 Å². The fourth-order valence-corrected chi connectivity index (χ4v) is 2.11. The third kappa shape index (κ3) is 4.05. The van der Waals surface area contributed by atoms with Gasteiger partial charge in [0.2, 0.25) is 0 Å². The lowest BCUT2D eigenvalue weighted by Gasteiger charge is -2.12. The van der Waals surface area contributed by atoms with Crippen molar-refractivity contribution in [1.82, 2.24) is 15.5 Å². The predicted molar refractivity (Wildman–Crippen MR) is 81.3 cm³/mol. The van der Waals surface area contributed by atoms with Gasteiger partial charge in [-0.2, -0.15) is 5.10 Å². The molecule has 0 saturated carbocycles. The number of aliphatic hydroxyl groups is 1. The summed E-state index contributed by atoms with van der Waals surface area (Å²) >= 11 is 5.58. The maximum atomic E-state index is 13.3. The van der Waals surface area contributed by atoms with Crippen LogP contribution in [-0.4, -0.2) is 27.8 Å². The molecule has 2 rings (SSSR count). The van der Waals surface area contributed by atoms with Crippen molar-refractivity contribution in [2.45, 2.75) is 25.9 Å². The molecule has 0 aliphatic heterocycles. The van der Waals surface area contributed by atoms with Crippen LogP contribution in [0.25, 0.3) is 0 Å². The number of hydrogen-bond acceptors (Lipinski definition) is 3. The average Bonchev–Trinajstić information content (AvgIpc) is 2.96. The molecular formula is C15H17ClFN3O2. The molecular weight excluding hydrogens is 309 g/mol. The third-order valence-electron chi connectivity index (χ3n) is 3.17. The fourth-order valence-electron chi connectivity index (χ4n) is 1.99. The number of aryl methyl sites for hydroxylation is 1. The summed E-state index contributed by atoms with van der Waals surface area (Å²) in [6, 6.07) is 5.69. The number of carbonyl (C=O) groups excluding carboxylic acids is 1. The predicted octanol–water partition coefficient (Wildman–Crippen LogP) is 2.62. The number of benzene rings is 1. The van der Waals surface area contributed by atoms with Gasteiger partial charge in [0, 0.05) is 12.2 Å². The molecule has 1 aromatic heterocycles. The molecule has 5 nitrogen and oxygen atoms in total. The summed E-state index contributed by atoms with van der Waals surface area (Å²) in [5.41, 5.74) is 1.49. The first-order chi connectivity index (χ1) is 10.5. The van der Waals surface area contributed by atoms with E-state index in [0.717, 1.165) is 24.6 Å². The molecule has 0 bridgehead atoms. The van der Waals surface area contributed by atoms with E-state index in [2.05, 4.69) is 15.5 Å². The van der Waals surface area contributed by atoms with E-state index in [0.29, 0.717) is 5.56 Å². The quantitative estimate of drug-likeness (QED) is 0.764. The van der Waals surface area contributed by atoms with Gasteiger partial charge < -0.3 is 10.4 Å². The zero-order valence-corrected chi connectivity index (χ0v) is 12.8. The molecule has 0 spiro atoms. The van der Waals surface area contributed by atoms with E-state index in [-0.39, 0.29) is 17.3 Å². The molecule has 1 aromatic carbocycles. The van der Waals surface area contributed by atoms with Gasteiger partial charge in [0.15, 0.2) is 0 Å². The Morgan fingerprint density at radius 1 is 1.50 bits per heavy atom. The Morgan fingerprint density at radius 2 is 2.27 bits per heavy atom. The highest BCUT2D eigenvalue weighted by molar-refractivity contribution is 6.30. The van der Waals surface area contributed by atoms with E-state index in [4.69, 9.17) is 11.6 Å². The third-order valence-corrected chi connectivity index (χ3v) is 3.47. The SMILES string of the molecule is CCCc1cc(C(=O)NCC(O)c2ccc(Cl)c(F)c2)n[nH]1. The number of nitrogens with one attached hydrogen (secondary N) is 2. The number of H-pyrrole nitrogens is 1. The van der Waals surface area contributed by atoms with Crippen molar-refractivity contribution in [3.05, 3.63) is 52.1 Å². The van der Waals surface area contributed by atoms with Crippen molar-refractivity contribution in [1.29, 1.82) is 0 Å². The number of hydrogen-bond donors (Lipinski definition) is 3. The van der Waals surface area contributed by atoms with Crippen LogP contribution >= 0.6 is 11.6 Å². The lowest BCUT2D eigenvalue weighted by molar-refractivity contribution is 0.0911. The maximum absolute atomic E-state index is 13.3. The molecule has 1 unspecified atom stereocenters. The number of aliphatic hydroxyl groups excluding tert-OH is 1. The van der Waals surface area contributed by atoms with E-state index in [1.807, 2.05) is 6.92 Å². The van der Waals surface area contributed by atoms with Crippen molar-refractivity contribution in [2.75, 3.05) is 6.54 Å². The molecule has 0 aliphatic carbocycles. The van der Waals surface area contributed by atoms with Gasteiger partial charge in [-0.05, 0) is 30.2 Å². The molecule has 0 aliphatic rings. The number of carbonyl (C=O) groups is 1. The maximum Gasteiger partial charge on any atom is 0.271 e. The van der Waals surface area contributed by atoms with E-state index < -0.39 is 17.8 Å². The zero-order chi connectivity index (χ0) is 16.1. The Bertz CT molecular complexity index is 660. The molecule has 7 heteroatoms. The van der Waals surface area contributed by atoms with Gasteiger partial charge in [-0.1, -0.05) is 31.0 Å². The highest BCUT2D eigenvalue weighted by atomic mass is 35.5. The molecule has 2 aromatic rings. The summed E-state index contributed by atoms with van der Waals surface area (Å²) in [5.74, 6) is -1.01. The summed E-state index contributed by atoms with van der Waals surface area (Å²) in [6.45, 7) is 1.98. The Balaban J connectivity index is 1.93. The molecule has 1 heterocycles. The summed E-state index contributed by atoms with van der Waals surface area (Å²) in [6.07, 6.45) is 0.738. The number of rotatable bonds is 6. The van der Waals surface area contributed by atoms with Gasteiger partial charge in [0.1, 0.15) is 11.5 Å². The monoisotopic (exact) mass is 325 g/mol. The minimum absolute atomic E-state index is 0.0139. The number of aromatic nitrogens is 2. The first-order valence-corrected chi connectivity index (χ1v) is 7.34. The van der Waals surface area contributed by atoms with Crippen LogP contribution < -0.4 is 5.32 Å². The molecule has 118 valence electrons. The number of nitrogens with zero attached hydrogens (tertiary/aromatic N) is 1. The van der Waals surface area contributed by atoms with E-state index >= 15 is 0 Å². The largest absolute Gasteiger partial charge is 0.387 e. The van der Waals surface area contributed by atoms with Crippen molar-refractivity contribution in [2.24, 2.45) is 0 Å². The van der Waals surface area contributed by atoms with E-state index in [9.17, 15) is 14.3 Å². The van der Waals surface area contributed by atoms with Gasteiger partial charge in [-0.25, -0.2) is 4.39 Å². The normalized spacial score (nSPS) is 12.2. The second kappa shape index (κ2) is 7.38. The molecule has 1 atom stereocenters. The van der Waals surface area contributed by atoms with Crippen LogP contribution in [0.4, 0.5) is 4.39 Å². The van der Waals surface area contributed by atoms with Crippen LogP contribution in [0.3, 0.4) is 0 Å². The van der Waals surface area contributed by atoms with Gasteiger partial charge in [0.05, 0.1) is 11.1 Å². The zero-order valence-electron chi connectivity index (χ0n) is 12.1. The molecule has 0 saturated heterocycles. The van der Waals surface area contributed by atoms with Crippen LogP contribution in [0, 0.1) is 5.82 Å². The Kier molecular flexibility index (Phi) is 5.51. The molecule has 22 heavy (non-hydrogen) atoms. The van der Waals surface area contributed by atoms with Crippen LogP contribution in [0.5, 0.6) is 0 Å². The summed E-state index contributed by atoms with van der Waals surface area (Å²) < 4.78 is 13.3. The molecule has 3 N–H and O–H groups in total. The molecule has 1 amide bonds. The fraction of sp³-hybridized carbons (Fsp3) is 0.333. The van der Waals surface area contributed by atoms with Crippen LogP contribution in [0.1, 0.15) is 41.2 Å². The Morgan fingerprint density at radius 3 is 2.95 bits per heavy atom. The topological polar surface area (TPSA) is 78.0 Å². The summed E-state index contributed by atoms with van der Waals surface area (Å²) in [5, 5.41) is 19.2. The highest BCUT2D eigenvalue weighted by Gasteiger charge is 2.14. The van der Waals surface area contributed by atoms with Crippen molar-refractivity contribution in [3.63, 3.8) is 0 Å². The lowest BCUT2D eigenvalue weighted by Crippen LogP contribution is -2.28. The summed E-state index contributed by atoms with van der Waals surface area (Å²) in [4.78, 5) is 11.9. The number of halogens is 2. The first kappa shape index (κ1) is 16.5. The van der Waals surface area contributed by atoms with Gasteiger partial charge >= 0.3 is 0 Å². The van der Waals surface area contributed by atoms with Crippen molar-refractivity contribution < 1.29 is 14.3 Å². The minimum atomic E-state index is -1.02. The summed E-state index contributed by atoms with van der Waals surface area (Å²) in [7, 11) is 0. The van der Waals surface area contributed by atoms with Crippen LogP contribution in [-0.2, 0) is 6.42 Å². The van der Waals surface area contributed by atoms with Crippen molar-refractivity contribution in [3.8, 4) is 0 Å². The number of aromatic amines is 1. The standard InChI is InChI=1S/C15H17ClFN3O2/c1-2-3-10-7-13(20-19-10)15(22)18-8-14(21)9-4-5-11(16)12(17)6-9/h4-7,14,21H,2-3,8H2,1H3,(H,18,22)(H,19,20). The molecule has 0 radical (unpaired) electrons.